The van der Waals surface area contributed by atoms with E-state index >= 15 is 0 Å². The Balaban J connectivity index is 2.11. The van der Waals surface area contributed by atoms with Gasteiger partial charge in [0.05, 0.1) is 16.8 Å². The number of halogens is 6. The summed E-state index contributed by atoms with van der Waals surface area (Å²) in [6, 6.07) is 3.18. The maximum atomic E-state index is 13.0. The molecule has 0 aliphatic heterocycles. The van der Waals surface area contributed by atoms with Crippen LogP contribution in [0.1, 0.15) is 16.7 Å². The van der Waals surface area contributed by atoms with E-state index in [9.17, 15) is 26.3 Å². The molecule has 0 atom stereocenters. The van der Waals surface area contributed by atoms with E-state index in [0.717, 1.165) is 16.9 Å². The first-order valence-electron chi connectivity index (χ1n) is 7.22. The molecule has 1 aromatic carbocycles. The third-order valence-corrected chi connectivity index (χ3v) is 4.53. The van der Waals surface area contributed by atoms with E-state index in [1.165, 1.54) is 5.38 Å². The van der Waals surface area contributed by atoms with Gasteiger partial charge in [0, 0.05) is 28.9 Å². The first kappa shape index (κ1) is 18.4. The standard InChI is InChI=1S/C17H10F6N2S/c1-9-2-3-24-7-13(9)15-25-14(8-26-15)10-4-11(16(18,19)20)6-12(5-10)17(21,22)23/h2-8H,1H3. The number of rotatable bonds is 2. The molecule has 3 rings (SSSR count). The summed E-state index contributed by atoms with van der Waals surface area (Å²) < 4.78 is 77.9. The number of nitrogens with zero attached hydrogens (tertiary/aromatic N) is 2. The molecule has 2 nitrogen and oxygen atoms in total. The Morgan fingerprint density at radius 1 is 0.923 bits per heavy atom. The number of alkyl halides is 6. The monoisotopic (exact) mass is 388 g/mol. The van der Waals surface area contributed by atoms with Gasteiger partial charge in [-0.2, -0.15) is 26.3 Å². The van der Waals surface area contributed by atoms with Crippen molar-refractivity contribution in [2.75, 3.05) is 0 Å². The Labute approximate surface area is 148 Å². The third kappa shape index (κ3) is 3.72. The summed E-state index contributed by atoms with van der Waals surface area (Å²) >= 11 is 1.12. The molecule has 0 bridgehead atoms. The molecule has 0 aliphatic rings. The second-order valence-corrected chi connectivity index (χ2v) is 6.38. The summed E-state index contributed by atoms with van der Waals surface area (Å²) in [7, 11) is 0. The van der Waals surface area contributed by atoms with E-state index < -0.39 is 23.5 Å². The van der Waals surface area contributed by atoms with Crippen molar-refractivity contribution in [2.24, 2.45) is 0 Å². The van der Waals surface area contributed by atoms with Crippen LogP contribution in [0.2, 0.25) is 0 Å². The van der Waals surface area contributed by atoms with E-state index in [1.54, 1.807) is 18.5 Å². The SMILES string of the molecule is Cc1ccncc1-c1nc(-c2cc(C(F)(F)F)cc(C(F)(F)F)c2)cs1. The lowest BCUT2D eigenvalue weighted by molar-refractivity contribution is -0.143. The van der Waals surface area contributed by atoms with Crippen molar-refractivity contribution in [3.63, 3.8) is 0 Å². The highest BCUT2D eigenvalue weighted by atomic mass is 32.1. The Bertz CT molecular complexity index is 911. The molecule has 0 unspecified atom stereocenters. The summed E-state index contributed by atoms with van der Waals surface area (Å²) in [5.74, 6) is 0. The Kier molecular flexibility index (Phi) is 4.51. The van der Waals surface area contributed by atoms with Crippen LogP contribution < -0.4 is 0 Å². The van der Waals surface area contributed by atoms with Gasteiger partial charge in [0.1, 0.15) is 5.01 Å². The summed E-state index contributed by atoms with van der Waals surface area (Å²) in [5.41, 5.74) is -1.40. The van der Waals surface area contributed by atoms with Crippen LogP contribution in [0.15, 0.2) is 42.0 Å². The van der Waals surface area contributed by atoms with Crippen LogP contribution in [-0.4, -0.2) is 9.97 Å². The predicted molar refractivity (Wildman–Crippen MR) is 85.5 cm³/mol. The highest BCUT2D eigenvalue weighted by Crippen LogP contribution is 2.39. The molecular weight excluding hydrogens is 378 g/mol. The smallest absolute Gasteiger partial charge is 0.264 e. The molecule has 0 N–H and O–H groups in total. The van der Waals surface area contributed by atoms with E-state index in [-0.39, 0.29) is 17.3 Å². The lowest BCUT2D eigenvalue weighted by Crippen LogP contribution is -2.11. The first-order valence-corrected chi connectivity index (χ1v) is 8.10. The van der Waals surface area contributed by atoms with Gasteiger partial charge in [0.15, 0.2) is 0 Å². The van der Waals surface area contributed by atoms with Crippen LogP contribution in [0.3, 0.4) is 0 Å². The highest BCUT2D eigenvalue weighted by molar-refractivity contribution is 7.13. The van der Waals surface area contributed by atoms with Gasteiger partial charge in [-0.15, -0.1) is 11.3 Å². The lowest BCUT2D eigenvalue weighted by Gasteiger charge is -2.13. The molecule has 0 amide bonds. The van der Waals surface area contributed by atoms with Crippen molar-refractivity contribution in [3.05, 3.63) is 58.7 Å². The molecule has 0 saturated heterocycles. The van der Waals surface area contributed by atoms with Crippen LogP contribution in [0.25, 0.3) is 21.8 Å². The van der Waals surface area contributed by atoms with Gasteiger partial charge in [0.2, 0.25) is 0 Å². The summed E-state index contributed by atoms with van der Waals surface area (Å²) in [6.45, 7) is 1.81. The minimum atomic E-state index is -4.89. The number of aromatic nitrogens is 2. The molecule has 0 saturated carbocycles. The van der Waals surface area contributed by atoms with E-state index in [1.807, 2.05) is 6.92 Å². The molecule has 0 aliphatic carbocycles. The second kappa shape index (κ2) is 6.39. The van der Waals surface area contributed by atoms with Gasteiger partial charge < -0.3 is 0 Å². The Morgan fingerprint density at radius 3 is 2.08 bits per heavy atom. The van der Waals surface area contributed by atoms with Gasteiger partial charge in [-0.1, -0.05) is 0 Å². The first-order chi connectivity index (χ1) is 12.1. The lowest BCUT2D eigenvalue weighted by atomic mass is 10.0. The second-order valence-electron chi connectivity index (χ2n) is 5.52. The third-order valence-electron chi connectivity index (χ3n) is 3.66. The molecule has 2 heterocycles. The molecular formula is C17H10F6N2S. The van der Waals surface area contributed by atoms with Crippen LogP contribution >= 0.6 is 11.3 Å². The maximum Gasteiger partial charge on any atom is 0.416 e. The highest BCUT2D eigenvalue weighted by Gasteiger charge is 2.37. The van der Waals surface area contributed by atoms with Crippen LogP contribution in [-0.2, 0) is 12.4 Å². The van der Waals surface area contributed by atoms with Crippen LogP contribution in [0.5, 0.6) is 0 Å². The molecule has 9 heteroatoms. The van der Waals surface area contributed by atoms with E-state index in [2.05, 4.69) is 9.97 Å². The van der Waals surface area contributed by atoms with Crippen LogP contribution in [0, 0.1) is 6.92 Å². The topological polar surface area (TPSA) is 25.8 Å². The zero-order chi connectivity index (χ0) is 19.1. The van der Waals surface area contributed by atoms with Gasteiger partial charge in [0.25, 0.3) is 0 Å². The molecule has 2 aromatic heterocycles. The largest absolute Gasteiger partial charge is 0.416 e. The fourth-order valence-corrected chi connectivity index (χ4v) is 3.22. The normalized spacial score (nSPS) is 12.4. The molecule has 0 spiro atoms. The minimum absolute atomic E-state index is 0.0462. The molecule has 0 radical (unpaired) electrons. The quantitative estimate of drug-likeness (QED) is 0.487. The van der Waals surface area contributed by atoms with Crippen molar-refractivity contribution in [3.8, 4) is 21.8 Å². The zero-order valence-corrected chi connectivity index (χ0v) is 13.9. The summed E-state index contributed by atoms with van der Waals surface area (Å²) in [5, 5.41) is 1.90. The van der Waals surface area contributed by atoms with Gasteiger partial charge >= 0.3 is 12.4 Å². The summed E-state index contributed by atoms with van der Waals surface area (Å²) in [6.07, 6.45) is -6.66. The fourth-order valence-electron chi connectivity index (χ4n) is 2.32. The van der Waals surface area contributed by atoms with Crippen molar-refractivity contribution in [1.82, 2.24) is 9.97 Å². The predicted octanol–water partition coefficient (Wildman–Crippen LogP) is 6.22. The molecule has 0 fully saturated rings. The number of hydrogen-bond acceptors (Lipinski definition) is 3. The molecule has 3 aromatic rings. The average molecular weight is 388 g/mol. The fraction of sp³-hybridized carbons (Fsp3) is 0.176. The molecule has 136 valence electrons. The van der Waals surface area contributed by atoms with E-state index in [0.29, 0.717) is 22.7 Å². The van der Waals surface area contributed by atoms with Gasteiger partial charge in [-0.25, -0.2) is 4.98 Å². The number of aryl methyl sites for hydroxylation is 1. The summed E-state index contributed by atoms with van der Waals surface area (Å²) in [4.78, 5) is 8.17. The van der Waals surface area contributed by atoms with Crippen molar-refractivity contribution >= 4 is 11.3 Å². The van der Waals surface area contributed by atoms with Crippen LogP contribution in [0.4, 0.5) is 26.3 Å². The average Bonchev–Trinajstić information content (AvgIpc) is 3.03. The number of pyridine rings is 1. The number of hydrogen-bond donors (Lipinski definition) is 0. The number of benzene rings is 1. The van der Waals surface area contributed by atoms with Crippen molar-refractivity contribution < 1.29 is 26.3 Å². The zero-order valence-electron chi connectivity index (χ0n) is 13.1. The number of thiazole rings is 1. The van der Waals surface area contributed by atoms with Gasteiger partial charge in [-0.05, 0) is 36.8 Å². The minimum Gasteiger partial charge on any atom is -0.264 e. The van der Waals surface area contributed by atoms with Crippen molar-refractivity contribution in [2.45, 2.75) is 19.3 Å². The maximum absolute atomic E-state index is 13.0. The van der Waals surface area contributed by atoms with Crippen molar-refractivity contribution in [1.29, 1.82) is 0 Å². The molecule has 26 heavy (non-hydrogen) atoms. The Morgan fingerprint density at radius 2 is 1.54 bits per heavy atom. The van der Waals surface area contributed by atoms with Gasteiger partial charge in [-0.3, -0.25) is 4.98 Å². The Hall–Kier alpha value is -2.42. The van der Waals surface area contributed by atoms with E-state index in [4.69, 9.17) is 0 Å².